The smallest absolute Gasteiger partial charge is 0.220 e. The third-order valence-electron chi connectivity index (χ3n) is 6.34. The van der Waals surface area contributed by atoms with Crippen molar-refractivity contribution in [2.24, 2.45) is 28.9 Å². The molecule has 0 saturated heterocycles. The van der Waals surface area contributed by atoms with Gasteiger partial charge in [0, 0.05) is 13.0 Å². The maximum Gasteiger partial charge on any atom is 0.220 e. The van der Waals surface area contributed by atoms with Crippen molar-refractivity contribution < 1.29 is 4.79 Å². The zero-order valence-corrected chi connectivity index (χ0v) is 12.7. The molecule has 3 heteroatoms. The van der Waals surface area contributed by atoms with E-state index in [1.807, 2.05) is 0 Å². The SMILES string of the molecule is NCC1(CNC(=O)CC2CC3CCC2C3)CCCCC1. The number of hydrogen-bond acceptors (Lipinski definition) is 2. The number of hydrogen-bond donors (Lipinski definition) is 2. The van der Waals surface area contributed by atoms with E-state index in [-0.39, 0.29) is 11.3 Å². The molecule has 0 radical (unpaired) electrons. The Bertz CT molecular complexity index is 349. The van der Waals surface area contributed by atoms with Crippen LogP contribution in [0.1, 0.15) is 64.2 Å². The van der Waals surface area contributed by atoms with Gasteiger partial charge in [0.05, 0.1) is 0 Å². The lowest BCUT2D eigenvalue weighted by Crippen LogP contribution is -2.44. The summed E-state index contributed by atoms with van der Waals surface area (Å²) in [5.41, 5.74) is 6.18. The minimum absolute atomic E-state index is 0.197. The Kier molecular flexibility index (Phi) is 4.34. The predicted molar refractivity (Wildman–Crippen MR) is 81.1 cm³/mol. The summed E-state index contributed by atoms with van der Waals surface area (Å²) in [6.07, 6.45) is 12.5. The van der Waals surface area contributed by atoms with Crippen LogP contribution in [0, 0.1) is 23.2 Å². The number of nitrogens with one attached hydrogen (secondary N) is 1. The highest BCUT2D eigenvalue weighted by molar-refractivity contribution is 5.76. The summed E-state index contributed by atoms with van der Waals surface area (Å²) in [6, 6.07) is 0. The molecule has 0 aromatic heterocycles. The molecule has 3 nitrogen and oxygen atoms in total. The minimum atomic E-state index is 0.197. The number of carbonyl (C=O) groups is 1. The first-order valence-electron chi connectivity index (χ1n) is 8.67. The Balaban J connectivity index is 1.44. The molecule has 3 atom stereocenters. The molecule has 0 spiro atoms. The molecule has 0 aliphatic heterocycles. The zero-order chi connectivity index (χ0) is 14.0. The number of nitrogens with two attached hydrogens (primary N) is 1. The number of fused-ring (bicyclic) bond motifs is 2. The van der Waals surface area contributed by atoms with Crippen molar-refractivity contribution >= 4 is 5.91 Å². The molecular formula is C17H30N2O. The molecule has 3 unspecified atom stereocenters. The fourth-order valence-corrected chi connectivity index (χ4v) is 4.98. The molecule has 0 aromatic rings. The van der Waals surface area contributed by atoms with Gasteiger partial charge >= 0.3 is 0 Å². The number of carbonyl (C=O) groups excluding carboxylic acids is 1. The van der Waals surface area contributed by atoms with Crippen molar-refractivity contribution in [3.8, 4) is 0 Å². The zero-order valence-electron chi connectivity index (χ0n) is 12.7. The Morgan fingerprint density at radius 3 is 2.55 bits per heavy atom. The van der Waals surface area contributed by atoms with E-state index in [1.165, 1.54) is 57.8 Å². The van der Waals surface area contributed by atoms with Gasteiger partial charge in [-0.25, -0.2) is 0 Å². The Labute approximate surface area is 123 Å². The predicted octanol–water partition coefficient (Wildman–Crippen LogP) is 2.84. The van der Waals surface area contributed by atoms with E-state index in [0.717, 1.165) is 31.3 Å². The highest BCUT2D eigenvalue weighted by Crippen LogP contribution is 2.49. The second-order valence-electron chi connectivity index (χ2n) is 7.68. The monoisotopic (exact) mass is 278 g/mol. The molecule has 1 amide bonds. The molecule has 2 bridgehead atoms. The second kappa shape index (κ2) is 6.05. The van der Waals surface area contributed by atoms with Gasteiger partial charge in [-0.15, -0.1) is 0 Å². The number of amides is 1. The van der Waals surface area contributed by atoms with E-state index in [4.69, 9.17) is 5.73 Å². The van der Waals surface area contributed by atoms with Crippen LogP contribution in [-0.4, -0.2) is 19.0 Å². The molecule has 3 saturated carbocycles. The van der Waals surface area contributed by atoms with Gasteiger partial charge in [-0.3, -0.25) is 4.79 Å². The Morgan fingerprint density at radius 2 is 1.95 bits per heavy atom. The second-order valence-corrected chi connectivity index (χ2v) is 7.68. The third kappa shape index (κ3) is 3.03. The largest absolute Gasteiger partial charge is 0.355 e. The first-order valence-corrected chi connectivity index (χ1v) is 8.67. The molecule has 0 aromatic carbocycles. The average Bonchev–Trinajstić information content (AvgIpc) is 3.09. The summed E-state index contributed by atoms with van der Waals surface area (Å²) in [5, 5.41) is 3.21. The molecular weight excluding hydrogens is 248 g/mol. The molecule has 3 rings (SSSR count). The highest BCUT2D eigenvalue weighted by atomic mass is 16.1. The van der Waals surface area contributed by atoms with Crippen molar-refractivity contribution in [2.75, 3.05) is 13.1 Å². The van der Waals surface area contributed by atoms with Crippen molar-refractivity contribution in [3.05, 3.63) is 0 Å². The van der Waals surface area contributed by atoms with Crippen molar-refractivity contribution in [1.82, 2.24) is 5.32 Å². The van der Waals surface area contributed by atoms with E-state index in [9.17, 15) is 4.79 Å². The quantitative estimate of drug-likeness (QED) is 0.812. The van der Waals surface area contributed by atoms with Crippen LogP contribution in [0.25, 0.3) is 0 Å². The van der Waals surface area contributed by atoms with Crippen LogP contribution in [0.3, 0.4) is 0 Å². The van der Waals surface area contributed by atoms with Gasteiger partial charge in [0.15, 0.2) is 0 Å². The normalized spacial score (nSPS) is 35.1. The molecule has 20 heavy (non-hydrogen) atoms. The van der Waals surface area contributed by atoms with E-state index < -0.39 is 0 Å². The summed E-state index contributed by atoms with van der Waals surface area (Å²) in [5.74, 6) is 2.74. The lowest BCUT2D eigenvalue weighted by atomic mass is 9.74. The van der Waals surface area contributed by atoms with Crippen LogP contribution in [0.4, 0.5) is 0 Å². The van der Waals surface area contributed by atoms with Crippen LogP contribution in [-0.2, 0) is 4.79 Å². The Hall–Kier alpha value is -0.570. The van der Waals surface area contributed by atoms with Gasteiger partial charge in [-0.05, 0) is 61.8 Å². The van der Waals surface area contributed by atoms with Crippen molar-refractivity contribution in [2.45, 2.75) is 64.2 Å². The summed E-state index contributed by atoms with van der Waals surface area (Å²) < 4.78 is 0. The summed E-state index contributed by atoms with van der Waals surface area (Å²) >= 11 is 0. The fraction of sp³-hybridized carbons (Fsp3) is 0.941. The van der Waals surface area contributed by atoms with Crippen molar-refractivity contribution in [1.29, 1.82) is 0 Å². The van der Waals surface area contributed by atoms with Crippen LogP contribution < -0.4 is 11.1 Å². The average molecular weight is 278 g/mol. The molecule has 114 valence electrons. The van der Waals surface area contributed by atoms with Gasteiger partial charge in [-0.2, -0.15) is 0 Å². The molecule has 3 fully saturated rings. The molecule has 3 N–H and O–H groups in total. The lowest BCUT2D eigenvalue weighted by molar-refractivity contribution is -0.123. The van der Waals surface area contributed by atoms with Gasteiger partial charge in [-0.1, -0.05) is 25.7 Å². The Morgan fingerprint density at radius 1 is 1.15 bits per heavy atom. The lowest BCUT2D eigenvalue weighted by Gasteiger charge is -2.36. The van der Waals surface area contributed by atoms with E-state index >= 15 is 0 Å². The summed E-state index contributed by atoms with van der Waals surface area (Å²) in [6.45, 7) is 1.53. The highest BCUT2D eigenvalue weighted by Gasteiger charge is 2.40. The van der Waals surface area contributed by atoms with Crippen LogP contribution in [0.5, 0.6) is 0 Å². The first-order chi connectivity index (χ1) is 9.71. The standard InChI is InChI=1S/C17H30N2O/c18-11-17(6-2-1-3-7-17)12-19-16(20)10-15-9-13-4-5-14(15)8-13/h13-15H,1-12,18H2,(H,19,20). The molecule has 3 aliphatic carbocycles. The van der Waals surface area contributed by atoms with Gasteiger partial charge in [0.1, 0.15) is 0 Å². The fourth-order valence-electron chi connectivity index (χ4n) is 4.98. The van der Waals surface area contributed by atoms with Gasteiger partial charge in [0.25, 0.3) is 0 Å². The third-order valence-corrected chi connectivity index (χ3v) is 6.34. The van der Waals surface area contributed by atoms with Gasteiger partial charge in [0.2, 0.25) is 5.91 Å². The van der Waals surface area contributed by atoms with Gasteiger partial charge < -0.3 is 11.1 Å². The maximum absolute atomic E-state index is 12.2. The maximum atomic E-state index is 12.2. The van der Waals surface area contributed by atoms with Crippen LogP contribution >= 0.6 is 0 Å². The molecule has 3 aliphatic rings. The molecule has 0 heterocycles. The minimum Gasteiger partial charge on any atom is -0.355 e. The van der Waals surface area contributed by atoms with E-state index in [2.05, 4.69) is 5.32 Å². The number of rotatable bonds is 5. The van der Waals surface area contributed by atoms with E-state index in [1.54, 1.807) is 0 Å². The van der Waals surface area contributed by atoms with E-state index in [0.29, 0.717) is 5.92 Å². The van der Waals surface area contributed by atoms with Crippen molar-refractivity contribution in [3.63, 3.8) is 0 Å². The van der Waals surface area contributed by atoms with Crippen LogP contribution in [0.15, 0.2) is 0 Å². The summed E-state index contributed by atoms with van der Waals surface area (Å²) in [4.78, 5) is 12.2. The topological polar surface area (TPSA) is 55.1 Å². The first kappa shape index (κ1) is 14.4. The van der Waals surface area contributed by atoms with Crippen LogP contribution in [0.2, 0.25) is 0 Å². The summed E-state index contributed by atoms with van der Waals surface area (Å²) in [7, 11) is 0.